The van der Waals surface area contributed by atoms with Gasteiger partial charge in [0, 0.05) is 17.3 Å². The highest BCUT2D eigenvalue weighted by Gasteiger charge is 2.12. The summed E-state index contributed by atoms with van der Waals surface area (Å²) >= 11 is 0. The third-order valence-electron chi connectivity index (χ3n) is 3.54. The second-order valence-corrected chi connectivity index (χ2v) is 5.90. The van der Waals surface area contributed by atoms with E-state index < -0.39 is 0 Å². The smallest absolute Gasteiger partial charge is 0.257 e. The second kappa shape index (κ2) is 7.17. The average molecular weight is 336 g/mol. The van der Waals surface area contributed by atoms with Gasteiger partial charge in [0.1, 0.15) is 0 Å². The number of fused-ring (bicyclic) bond motifs is 1. The van der Waals surface area contributed by atoms with E-state index >= 15 is 0 Å². The van der Waals surface area contributed by atoms with E-state index in [1.165, 1.54) is 0 Å². The minimum atomic E-state index is -0.165. The minimum absolute atomic E-state index is 0.165. The fraction of sp³-hybridized carbons (Fsp3) is 0.211. The molecule has 0 fully saturated rings. The van der Waals surface area contributed by atoms with E-state index in [1.54, 1.807) is 31.4 Å². The van der Waals surface area contributed by atoms with E-state index in [-0.39, 0.29) is 11.9 Å². The first-order chi connectivity index (χ1) is 12.1. The first-order valence-electron chi connectivity index (χ1n) is 8.05. The Balaban J connectivity index is 1.92. The summed E-state index contributed by atoms with van der Waals surface area (Å²) in [5.41, 5.74) is 2.64. The molecule has 2 aromatic carbocycles. The molecule has 0 aliphatic heterocycles. The Kier molecular flexibility index (Phi) is 4.79. The molecule has 3 aromatic rings. The molecular formula is C19H20N4O2. The third-order valence-corrected chi connectivity index (χ3v) is 3.54. The van der Waals surface area contributed by atoms with Crippen LogP contribution < -0.4 is 15.4 Å². The number of carbonyl (C=O) groups excluding carboxylic acids is 1. The van der Waals surface area contributed by atoms with Crippen LogP contribution in [0.1, 0.15) is 24.2 Å². The Labute approximate surface area is 146 Å². The lowest BCUT2D eigenvalue weighted by molar-refractivity contribution is 0.102. The van der Waals surface area contributed by atoms with Crippen molar-refractivity contribution in [2.45, 2.75) is 19.9 Å². The number of hydrogen-bond donors (Lipinski definition) is 2. The molecule has 0 radical (unpaired) electrons. The molecule has 1 amide bonds. The van der Waals surface area contributed by atoms with Crippen molar-refractivity contribution < 1.29 is 9.53 Å². The van der Waals surface area contributed by atoms with Crippen LogP contribution in [0.2, 0.25) is 0 Å². The molecule has 0 aliphatic rings. The van der Waals surface area contributed by atoms with Crippen LogP contribution >= 0.6 is 0 Å². The number of amides is 1. The molecule has 2 N–H and O–H groups in total. The normalized spacial score (nSPS) is 10.7. The quantitative estimate of drug-likeness (QED) is 0.743. The van der Waals surface area contributed by atoms with Gasteiger partial charge in [-0.15, -0.1) is 0 Å². The highest BCUT2D eigenvalue weighted by molar-refractivity contribution is 6.04. The summed E-state index contributed by atoms with van der Waals surface area (Å²) in [6.45, 7) is 4.03. The monoisotopic (exact) mass is 336 g/mol. The Morgan fingerprint density at radius 2 is 1.80 bits per heavy atom. The summed E-state index contributed by atoms with van der Waals surface area (Å²) in [6.07, 6.45) is 0. The van der Waals surface area contributed by atoms with Crippen LogP contribution in [0.4, 0.5) is 11.5 Å². The molecule has 1 aromatic heterocycles. The highest BCUT2D eigenvalue weighted by atomic mass is 16.5. The number of ether oxygens (including phenoxy) is 1. The fourth-order valence-electron chi connectivity index (χ4n) is 2.42. The van der Waals surface area contributed by atoms with Crippen LogP contribution in [-0.4, -0.2) is 29.0 Å². The number of nitrogens with zero attached hydrogens (tertiary/aromatic N) is 2. The number of benzene rings is 2. The Hall–Kier alpha value is -3.15. The zero-order valence-electron chi connectivity index (χ0n) is 14.4. The molecule has 0 saturated heterocycles. The summed E-state index contributed by atoms with van der Waals surface area (Å²) < 4.78 is 5.30. The van der Waals surface area contributed by atoms with Crippen molar-refractivity contribution in [3.63, 3.8) is 0 Å². The number of hydrogen-bond acceptors (Lipinski definition) is 5. The molecule has 3 rings (SSSR count). The molecule has 1 heterocycles. The summed E-state index contributed by atoms with van der Waals surface area (Å²) in [6, 6.07) is 14.7. The van der Waals surface area contributed by atoms with Crippen molar-refractivity contribution in [3.8, 4) is 5.88 Å². The van der Waals surface area contributed by atoms with Crippen LogP contribution in [0, 0.1) is 0 Å². The van der Waals surface area contributed by atoms with E-state index in [2.05, 4.69) is 20.6 Å². The minimum Gasteiger partial charge on any atom is -0.478 e. The van der Waals surface area contributed by atoms with E-state index in [0.29, 0.717) is 34.0 Å². The van der Waals surface area contributed by atoms with E-state index in [1.807, 2.05) is 38.1 Å². The first-order valence-corrected chi connectivity index (χ1v) is 8.05. The fourth-order valence-corrected chi connectivity index (χ4v) is 2.42. The summed E-state index contributed by atoms with van der Waals surface area (Å²) in [5, 5.41) is 6.10. The Bertz CT molecular complexity index is 895. The lowest BCUT2D eigenvalue weighted by Gasteiger charge is -2.13. The number of methoxy groups -OCH3 is 1. The lowest BCUT2D eigenvalue weighted by atomic mass is 10.2. The zero-order chi connectivity index (χ0) is 17.8. The highest BCUT2D eigenvalue weighted by Crippen LogP contribution is 2.25. The molecule has 25 heavy (non-hydrogen) atoms. The van der Waals surface area contributed by atoms with Crippen molar-refractivity contribution in [2.75, 3.05) is 17.7 Å². The standard InChI is InChI=1S/C19H20N4O2/c1-12(2)20-17-19(25-3)23-15-10-9-14(11-16(15)22-17)21-18(24)13-7-5-4-6-8-13/h4-12H,1-3H3,(H,20,22)(H,21,24). The van der Waals surface area contributed by atoms with Gasteiger partial charge < -0.3 is 15.4 Å². The van der Waals surface area contributed by atoms with Gasteiger partial charge in [0.2, 0.25) is 0 Å². The summed E-state index contributed by atoms with van der Waals surface area (Å²) in [4.78, 5) is 21.3. The van der Waals surface area contributed by atoms with Crippen molar-refractivity contribution >= 4 is 28.4 Å². The number of nitrogens with one attached hydrogen (secondary N) is 2. The van der Waals surface area contributed by atoms with Gasteiger partial charge in [-0.05, 0) is 44.2 Å². The molecule has 0 atom stereocenters. The maximum absolute atomic E-state index is 12.3. The predicted molar refractivity (Wildman–Crippen MR) is 99.2 cm³/mol. The van der Waals surface area contributed by atoms with Crippen molar-refractivity contribution in [3.05, 3.63) is 54.1 Å². The van der Waals surface area contributed by atoms with E-state index in [0.717, 1.165) is 0 Å². The van der Waals surface area contributed by atoms with Crippen molar-refractivity contribution in [1.29, 1.82) is 0 Å². The van der Waals surface area contributed by atoms with Crippen molar-refractivity contribution in [2.24, 2.45) is 0 Å². The first kappa shape index (κ1) is 16.7. The second-order valence-electron chi connectivity index (χ2n) is 5.90. The van der Waals surface area contributed by atoms with Crippen LogP contribution in [-0.2, 0) is 0 Å². The molecule has 0 aliphatic carbocycles. The van der Waals surface area contributed by atoms with Gasteiger partial charge in [-0.2, -0.15) is 0 Å². The van der Waals surface area contributed by atoms with Gasteiger partial charge in [0.15, 0.2) is 5.82 Å². The Morgan fingerprint density at radius 1 is 1.04 bits per heavy atom. The van der Waals surface area contributed by atoms with Crippen LogP contribution in [0.15, 0.2) is 48.5 Å². The molecular weight excluding hydrogens is 316 g/mol. The van der Waals surface area contributed by atoms with Crippen LogP contribution in [0.25, 0.3) is 11.0 Å². The van der Waals surface area contributed by atoms with Gasteiger partial charge in [0.25, 0.3) is 11.8 Å². The molecule has 0 unspecified atom stereocenters. The molecule has 0 saturated carbocycles. The maximum atomic E-state index is 12.3. The van der Waals surface area contributed by atoms with Gasteiger partial charge in [-0.1, -0.05) is 18.2 Å². The Morgan fingerprint density at radius 3 is 2.48 bits per heavy atom. The summed E-state index contributed by atoms with van der Waals surface area (Å²) in [5.74, 6) is 0.862. The zero-order valence-corrected chi connectivity index (χ0v) is 14.4. The van der Waals surface area contributed by atoms with Gasteiger partial charge in [-0.25, -0.2) is 9.97 Å². The van der Waals surface area contributed by atoms with Crippen LogP contribution in [0.3, 0.4) is 0 Å². The lowest BCUT2D eigenvalue weighted by Crippen LogP contribution is -2.13. The maximum Gasteiger partial charge on any atom is 0.257 e. The van der Waals surface area contributed by atoms with Crippen molar-refractivity contribution in [1.82, 2.24) is 9.97 Å². The number of rotatable bonds is 5. The number of anilines is 2. The van der Waals surface area contributed by atoms with Gasteiger partial charge >= 0.3 is 0 Å². The number of carbonyl (C=O) groups is 1. The largest absolute Gasteiger partial charge is 0.478 e. The third kappa shape index (κ3) is 3.85. The van der Waals surface area contributed by atoms with Gasteiger partial charge in [-0.3, -0.25) is 4.79 Å². The predicted octanol–water partition coefficient (Wildman–Crippen LogP) is 3.71. The SMILES string of the molecule is COc1nc2ccc(NC(=O)c3ccccc3)cc2nc1NC(C)C. The van der Waals surface area contributed by atoms with Gasteiger partial charge in [0.05, 0.1) is 18.1 Å². The molecule has 6 nitrogen and oxygen atoms in total. The van der Waals surface area contributed by atoms with Crippen LogP contribution in [0.5, 0.6) is 5.88 Å². The molecule has 128 valence electrons. The molecule has 0 bridgehead atoms. The van der Waals surface area contributed by atoms with E-state index in [9.17, 15) is 4.79 Å². The average Bonchev–Trinajstić information content (AvgIpc) is 2.61. The molecule has 6 heteroatoms. The summed E-state index contributed by atoms with van der Waals surface area (Å²) in [7, 11) is 1.57. The van der Waals surface area contributed by atoms with E-state index in [4.69, 9.17) is 4.74 Å². The number of aromatic nitrogens is 2. The topological polar surface area (TPSA) is 76.1 Å². The molecule has 0 spiro atoms.